The first-order valence-electron chi connectivity index (χ1n) is 6.74. The minimum absolute atomic E-state index is 0.118. The third-order valence-corrected chi connectivity index (χ3v) is 3.29. The number of hydrogen-bond donors (Lipinski definition) is 4. The number of methoxy groups -OCH3 is 1. The lowest BCUT2D eigenvalue weighted by Gasteiger charge is -2.30. The highest BCUT2D eigenvalue weighted by molar-refractivity contribution is 5.81. The molecule has 0 bridgehead atoms. The van der Waals surface area contributed by atoms with Gasteiger partial charge in [0, 0.05) is 13.7 Å². The quantitative estimate of drug-likeness (QED) is 0.388. The first-order chi connectivity index (χ1) is 9.72. The van der Waals surface area contributed by atoms with Gasteiger partial charge in [0.25, 0.3) is 5.91 Å². The van der Waals surface area contributed by atoms with Crippen molar-refractivity contribution in [1.29, 1.82) is 0 Å². The van der Waals surface area contributed by atoms with Crippen LogP contribution < -0.4 is 5.32 Å². The fourth-order valence-electron chi connectivity index (χ4n) is 1.73. The van der Waals surface area contributed by atoms with Crippen molar-refractivity contribution in [3.8, 4) is 0 Å². The van der Waals surface area contributed by atoms with Gasteiger partial charge in [0.15, 0.2) is 6.10 Å². The zero-order valence-electron chi connectivity index (χ0n) is 12.9. The molecule has 0 rings (SSSR count). The van der Waals surface area contributed by atoms with Crippen molar-refractivity contribution in [1.82, 2.24) is 10.2 Å². The Balaban J connectivity index is 4.38. The molecule has 0 aromatic carbocycles. The Morgan fingerprint density at radius 1 is 1.29 bits per heavy atom. The number of aliphatic hydroxyl groups excluding tert-OH is 2. The van der Waals surface area contributed by atoms with Gasteiger partial charge in [-0.3, -0.25) is 9.59 Å². The van der Waals surface area contributed by atoms with E-state index >= 15 is 0 Å². The van der Waals surface area contributed by atoms with E-state index in [4.69, 9.17) is 9.84 Å². The molecule has 124 valence electrons. The fraction of sp³-hybridized carbons (Fsp3) is 0.846. The van der Waals surface area contributed by atoms with Gasteiger partial charge < -0.3 is 30.3 Å². The Labute approximate surface area is 124 Å². The number of aliphatic hydroxyl groups is 2. The summed E-state index contributed by atoms with van der Waals surface area (Å²) >= 11 is 0. The number of aliphatic carboxylic acids is 1. The topological polar surface area (TPSA) is 119 Å². The zero-order chi connectivity index (χ0) is 16.6. The Kier molecular flexibility index (Phi) is 9.11. The van der Waals surface area contributed by atoms with Gasteiger partial charge in [-0.2, -0.15) is 0 Å². The molecule has 1 amide bonds. The molecule has 0 aromatic rings. The number of ether oxygens (including phenoxy) is 1. The number of hydrogen-bond acceptors (Lipinski definition) is 6. The molecule has 21 heavy (non-hydrogen) atoms. The molecule has 0 radical (unpaired) electrons. The lowest BCUT2D eigenvalue weighted by atomic mass is 10.0. The van der Waals surface area contributed by atoms with Gasteiger partial charge in [-0.15, -0.1) is 0 Å². The highest BCUT2D eigenvalue weighted by atomic mass is 16.5. The van der Waals surface area contributed by atoms with E-state index in [1.54, 1.807) is 19.0 Å². The first kappa shape index (κ1) is 19.8. The third-order valence-electron chi connectivity index (χ3n) is 3.29. The molecule has 0 spiro atoms. The molecule has 4 N–H and O–H groups in total. The maximum atomic E-state index is 11.7. The number of likely N-dealkylation sites (N-methyl/N-ethyl adjacent to an activating group) is 1. The van der Waals surface area contributed by atoms with Crippen LogP contribution in [0.4, 0.5) is 0 Å². The number of rotatable bonds is 10. The number of carboxylic acid groups (broad SMARTS) is 1. The summed E-state index contributed by atoms with van der Waals surface area (Å²) < 4.78 is 4.95. The van der Waals surface area contributed by atoms with E-state index in [1.807, 2.05) is 0 Å². The minimum Gasteiger partial charge on any atom is -0.481 e. The number of nitrogens with one attached hydrogen (secondary N) is 1. The summed E-state index contributed by atoms with van der Waals surface area (Å²) in [6.07, 6.45) is -2.66. The summed E-state index contributed by atoms with van der Waals surface area (Å²) in [5.41, 5.74) is 0. The maximum absolute atomic E-state index is 11.7. The van der Waals surface area contributed by atoms with E-state index in [1.165, 1.54) is 14.0 Å². The van der Waals surface area contributed by atoms with E-state index in [0.29, 0.717) is 0 Å². The molecule has 0 aliphatic carbocycles. The van der Waals surface area contributed by atoms with Crippen molar-refractivity contribution in [2.24, 2.45) is 5.92 Å². The highest BCUT2D eigenvalue weighted by Gasteiger charge is 2.32. The molecular weight excluding hydrogens is 280 g/mol. The Morgan fingerprint density at radius 3 is 2.29 bits per heavy atom. The lowest BCUT2D eigenvalue weighted by molar-refractivity contribution is -0.142. The van der Waals surface area contributed by atoms with E-state index in [2.05, 4.69) is 5.32 Å². The van der Waals surface area contributed by atoms with Crippen LogP contribution in [0.15, 0.2) is 0 Å². The number of amides is 1. The largest absolute Gasteiger partial charge is 0.481 e. The Bertz CT molecular complexity index is 337. The number of nitrogens with zero attached hydrogens (tertiary/aromatic N) is 1. The SMILES string of the molecule is COCC(C(O)C(O)C(=O)NCCC(C)C(=O)O)N(C)C. The zero-order valence-corrected chi connectivity index (χ0v) is 12.9. The van der Waals surface area contributed by atoms with Crippen molar-refractivity contribution < 1.29 is 29.6 Å². The third kappa shape index (κ3) is 6.85. The van der Waals surface area contributed by atoms with Crippen LogP contribution in [0, 0.1) is 5.92 Å². The van der Waals surface area contributed by atoms with Crippen LogP contribution in [0.2, 0.25) is 0 Å². The second kappa shape index (κ2) is 9.67. The average molecular weight is 306 g/mol. The average Bonchev–Trinajstić information content (AvgIpc) is 2.42. The smallest absolute Gasteiger partial charge is 0.306 e. The van der Waals surface area contributed by atoms with Crippen molar-refractivity contribution in [2.75, 3.05) is 34.4 Å². The van der Waals surface area contributed by atoms with Gasteiger partial charge in [-0.25, -0.2) is 0 Å². The van der Waals surface area contributed by atoms with Crippen molar-refractivity contribution >= 4 is 11.9 Å². The Hall–Kier alpha value is -1.22. The molecule has 0 saturated heterocycles. The molecule has 0 aliphatic rings. The Morgan fingerprint density at radius 2 is 1.86 bits per heavy atom. The fourth-order valence-corrected chi connectivity index (χ4v) is 1.73. The summed E-state index contributed by atoms with van der Waals surface area (Å²) in [6, 6.07) is -0.534. The maximum Gasteiger partial charge on any atom is 0.306 e. The predicted octanol–water partition coefficient (Wildman–Crippen LogP) is -1.49. The molecule has 0 fully saturated rings. The summed E-state index contributed by atoms with van der Waals surface area (Å²) in [5, 5.41) is 31.0. The summed E-state index contributed by atoms with van der Waals surface area (Å²) in [4.78, 5) is 24.0. The van der Waals surface area contributed by atoms with E-state index in [-0.39, 0.29) is 19.6 Å². The standard InChI is InChI=1S/C13H26N2O6/c1-8(13(19)20)5-6-14-12(18)11(17)10(16)9(7-21-4)15(2)3/h8-11,16-17H,5-7H2,1-4H3,(H,14,18)(H,19,20). The van der Waals surface area contributed by atoms with Crippen LogP contribution in [0.3, 0.4) is 0 Å². The van der Waals surface area contributed by atoms with Crippen LogP contribution in [-0.4, -0.2) is 84.7 Å². The van der Waals surface area contributed by atoms with Crippen LogP contribution in [0.1, 0.15) is 13.3 Å². The molecule has 8 nitrogen and oxygen atoms in total. The van der Waals surface area contributed by atoms with Crippen LogP contribution in [0.25, 0.3) is 0 Å². The van der Waals surface area contributed by atoms with E-state index in [0.717, 1.165) is 0 Å². The van der Waals surface area contributed by atoms with Crippen molar-refractivity contribution in [3.05, 3.63) is 0 Å². The van der Waals surface area contributed by atoms with E-state index < -0.39 is 36.0 Å². The molecular formula is C13H26N2O6. The number of carbonyl (C=O) groups excluding carboxylic acids is 1. The molecule has 0 saturated carbocycles. The van der Waals surface area contributed by atoms with Gasteiger partial charge >= 0.3 is 5.97 Å². The van der Waals surface area contributed by atoms with Gasteiger partial charge in [-0.05, 0) is 20.5 Å². The molecule has 4 unspecified atom stereocenters. The molecule has 8 heteroatoms. The summed E-state index contributed by atoms with van der Waals surface area (Å²) in [7, 11) is 4.86. The summed E-state index contributed by atoms with van der Waals surface area (Å²) in [6.45, 7) is 1.81. The van der Waals surface area contributed by atoms with Crippen LogP contribution >= 0.6 is 0 Å². The highest BCUT2D eigenvalue weighted by Crippen LogP contribution is 2.07. The molecule has 0 aromatic heterocycles. The lowest BCUT2D eigenvalue weighted by Crippen LogP contribution is -2.53. The molecule has 0 aliphatic heterocycles. The van der Waals surface area contributed by atoms with Crippen molar-refractivity contribution in [3.63, 3.8) is 0 Å². The number of carbonyl (C=O) groups is 2. The van der Waals surface area contributed by atoms with Gasteiger partial charge in [0.2, 0.25) is 0 Å². The van der Waals surface area contributed by atoms with Gasteiger partial charge in [-0.1, -0.05) is 6.92 Å². The first-order valence-corrected chi connectivity index (χ1v) is 6.74. The second-order valence-corrected chi connectivity index (χ2v) is 5.24. The monoisotopic (exact) mass is 306 g/mol. The second-order valence-electron chi connectivity index (χ2n) is 5.24. The number of carboxylic acids is 1. The predicted molar refractivity (Wildman–Crippen MR) is 75.8 cm³/mol. The normalized spacial score (nSPS) is 17.1. The molecule has 0 heterocycles. The van der Waals surface area contributed by atoms with Crippen molar-refractivity contribution in [2.45, 2.75) is 31.6 Å². The molecule has 4 atom stereocenters. The summed E-state index contributed by atoms with van der Waals surface area (Å²) in [5.74, 6) is -2.27. The van der Waals surface area contributed by atoms with Gasteiger partial charge in [0.1, 0.15) is 6.10 Å². The van der Waals surface area contributed by atoms with Crippen LogP contribution in [-0.2, 0) is 14.3 Å². The van der Waals surface area contributed by atoms with Crippen LogP contribution in [0.5, 0.6) is 0 Å². The van der Waals surface area contributed by atoms with Gasteiger partial charge in [0.05, 0.1) is 18.6 Å². The minimum atomic E-state index is -1.60. The van der Waals surface area contributed by atoms with E-state index in [9.17, 15) is 19.8 Å².